The largest absolute Gasteiger partial charge is 0.204 e. The highest BCUT2D eigenvalue weighted by Crippen LogP contribution is 2.33. The Balaban J connectivity index is 2.27. The van der Waals surface area contributed by atoms with Crippen LogP contribution in [0, 0.1) is 17.0 Å². The SMILES string of the molecule is Fc1cccc(CC(CBr)(CBr)Cc2ccccc2)c1F. The van der Waals surface area contributed by atoms with Crippen molar-refractivity contribution in [2.45, 2.75) is 12.8 Å². The van der Waals surface area contributed by atoms with Gasteiger partial charge >= 0.3 is 0 Å². The molecule has 0 aromatic heterocycles. The molecule has 0 radical (unpaired) electrons. The normalized spacial score (nSPS) is 11.6. The van der Waals surface area contributed by atoms with Crippen LogP contribution in [-0.2, 0) is 12.8 Å². The molecule has 0 saturated carbocycles. The predicted molar refractivity (Wildman–Crippen MR) is 90.2 cm³/mol. The highest BCUT2D eigenvalue weighted by molar-refractivity contribution is 9.09. The van der Waals surface area contributed by atoms with Gasteiger partial charge in [0.05, 0.1) is 0 Å². The van der Waals surface area contributed by atoms with Crippen LogP contribution in [0.4, 0.5) is 8.78 Å². The van der Waals surface area contributed by atoms with Crippen molar-refractivity contribution in [2.24, 2.45) is 5.41 Å². The summed E-state index contributed by atoms with van der Waals surface area (Å²) >= 11 is 7.09. The molecule has 0 amide bonds. The summed E-state index contributed by atoms with van der Waals surface area (Å²) in [6.07, 6.45) is 1.27. The van der Waals surface area contributed by atoms with Crippen molar-refractivity contribution in [2.75, 3.05) is 10.7 Å². The van der Waals surface area contributed by atoms with Crippen LogP contribution in [0.2, 0.25) is 0 Å². The third-order valence-corrected chi connectivity index (χ3v) is 5.96. The summed E-state index contributed by atoms with van der Waals surface area (Å²) in [6, 6.07) is 14.4. The molecule has 0 nitrogen and oxygen atoms in total. The zero-order valence-electron chi connectivity index (χ0n) is 11.5. The topological polar surface area (TPSA) is 0 Å². The van der Waals surface area contributed by atoms with Gasteiger partial charge in [0.1, 0.15) is 0 Å². The lowest BCUT2D eigenvalue weighted by molar-refractivity contribution is 0.374. The van der Waals surface area contributed by atoms with E-state index >= 15 is 0 Å². The Morgan fingerprint density at radius 3 is 2.10 bits per heavy atom. The van der Waals surface area contributed by atoms with Crippen molar-refractivity contribution < 1.29 is 8.78 Å². The monoisotopic (exact) mass is 416 g/mol. The van der Waals surface area contributed by atoms with Gasteiger partial charge in [0, 0.05) is 10.7 Å². The second kappa shape index (κ2) is 7.50. The van der Waals surface area contributed by atoms with Gasteiger partial charge in [-0.15, -0.1) is 0 Å². The number of rotatable bonds is 6. The average molecular weight is 418 g/mol. The molecule has 0 heterocycles. The Bertz CT molecular complexity index is 581. The number of alkyl halides is 2. The Labute approximate surface area is 140 Å². The van der Waals surface area contributed by atoms with Crippen LogP contribution in [0.1, 0.15) is 11.1 Å². The van der Waals surface area contributed by atoms with E-state index in [1.165, 1.54) is 5.56 Å². The highest BCUT2D eigenvalue weighted by atomic mass is 79.9. The molecule has 0 aliphatic rings. The maximum atomic E-state index is 13.9. The van der Waals surface area contributed by atoms with E-state index in [-0.39, 0.29) is 5.41 Å². The van der Waals surface area contributed by atoms with Crippen LogP contribution in [0.3, 0.4) is 0 Å². The van der Waals surface area contributed by atoms with E-state index in [4.69, 9.17) is 0 Å². The summed E-state index contributed by atoms with van der Waals surface area (Å²) in [5, 5.41) is 1.41. The minimum atomic E-state index is -0.787. The van der Waals surface area contributed by atoms with Crippen molar-refractivity contribution in [3.05, 3.63) is 71.3 Å². The smallest absolute Gasteiger partial charge is 0.162 e. The third kappa shape index (κ3) is 4.13. The fourth-order valence-corrected chi connectivity index (χ4v) is 4.13. The van der Waals surface area contributed by atoms with Crippen molar-refractivity contribution in [3.63, 3.8) is 0 Å². The molecule has 0 aliphatic heterocycles. The first-order chi connectivity index (χ1) is 10.1. The molecule has 0 spiro atoms. The van der Waals surface area contributed by atoms with E-state index in [9.17, 15) is 8.78 Å². The molecule has 0 aliphatic carbocycles. The van der Waals surface area contributed by atoms with Gasteiger partial charge in [0.25, 0.3) is 0 Å². The fraction of sp³-hybridized carbons (Fsp3) is 0.294. The van der Waals surface area contributed by atoms with Crippen LogP contribution in [-0.4, -0.2) is 10.7 Å². The molecule has 21 heavy (non-hydrogen) atoms. The lowest BCUT2D eigenvalue weighted by Gasteiger charge is -2.30. The van der Waals surface area contributed by atoms with E-state index in [2.05, 4.69) is 44.0 Å². The molecule has 4 heteroatoms. The van der Waals surface area contributed by atoms with Gasteiger partial charge in [-0.1, -0.05) is 74.3 Å². The first-order valence-corrected chi connectivity index (χ1v) is 8.93. The molecule has 0 unspecified atom stereocenters. The Morgan fingerprint density at radius 1 is 0.810 bits per heavy atom. The quantitative estimate of drug-likeness (QED) is 0.542. The predicted octanol–water partition coefficient (Wildman–Crippen LogP) is 5.53. The second-order valence-electron chi connectivity index (χ2n) is 5.32. The molecular weight excluding hydrogens is 402 g/mol. The first-order valence-electron chi connectivity index (χ1n) is 6.69. The van der Waals surface area contributed by atoms with Crippen molar-refractivity contribution in [1.29, 1.82) is 0 Å². The summed E-state index contributed by atoms with van der Waals surface area (Å²) in [6.45, 7) is 0. The molecule has 0 saturated heterocycles. The van der Waals surface area contributed by atoms with E-state index in [0.29, 0.717) is 22.6 Å². The van der Waals surface area contributed by atoms with Gasteiger partial charge in [0.2, 0.25) is 0 Å². The third-order valence-electron chi connectivity index (χ3n) is 3.59. The molecule has 2 rings (SSSR count). The Kier molecular flexibility index (Phi) is 5.94. The summed E-state index contributed by atoms with van der Waals surface area (Å²) in [4.78, 5) is 0. The Morgan fingerprint density at radius 2 is 1.48 bits per heavy atom. The molecule has 2 aromatic carbocycles. The highest BCUT2D eigenvalue weighted by Gasteiger charge is 2.30. The van der Waals surface area contributed by atoms with Crippen molar-refractivity contribution >= 4 is 31.9 Å². The van der Waals surface area contributed by atoms with E-state index in [1.54, 1.807) is 12.1 Å². The molecular formula is C17H16Br2F2. The summed E-state index contributed by atoms with van der Waals surface area (Å²) in [5.41, 5.74) is 1.41. The lowest BCUT2D eigenvalue weighted by atomic mass is 9.80. The van der Waals surface area contributed by atoms with Gasteiger partial charge in [0.15, 0.2) is 11.6 Å². The van der Waals surface area contributed by atoms with Gasteiger partial charge in [-0.25, -0.2) is 8.78 Å². The van der Waals surface area contributed by atoms with Crippen LogP contribution >= 0.6 is 31.9 Å². The summed E-state index contributed by atoms with van der Waals surface area (Å²) < 4.78 is 27.3. The van der Waals surface area contributed by atoms with Crippen LogP contribution in [0.25, 0.3) is 0 Å². The van der Waals surface area contributed by atoms with Crippen molar-refractivity contribution in [1.82, 2.24) is 0 Å². The zero-order chi connectivity index (χ0) is 15.3. The van der Waals surface area contributed by atoms with Crippen LogP contribution in [0.15, 0.2) is 48.5 Å². The summed E-state index contributed by atoms with van der Waals surface area (Å²) in [7, 11) is 0. The van der Waals surface area contributed by atoms with Crippen LogP contribution in [0.5, 0.6) is 0 Å². The molecule has 0 fully saturated rings. The number of hydrogen-bond acceptors (Lipinski definition) is 0. The summed E-state index contributed by atoms with van der Waals surface area (Å²) in [5.74, 6) is -1.53. The van der Waals surface area contributed by atoms with E-state index < -0.39 is 11.6 Å². The van der Waals surface area contributed by atoms with Crippen molar-refractivity contribution in [3.8, 4) is 0 Å². The maximum Gasteiger partial charge on any atom is 0.162 e. The molecule has 112 valence electrons. The van der Waals surface area contributed by atoms with Gasteiger partial charge in [-0.3, -0.25) is 0 Å². The fourth-order valence-electron chi connectivity index (χ4n) is 2.41. The number of hydrogen-bond donors (Lipinski definition) is 0. The minimum Gasteiger partial charge on any atom is -0.204 e. The van der Waals surface area contributed by atoms with Gasteiger partial charge < -0.3 is 0 Å². The average Bonchev–Trinajstić information content (AvgIpc) is 2.52. The first kappa shape index (κ1) is 16.6. The van der Waals surface area contributed by atoms with Gasteiger partial charge in [-0.05, 0) is 35.4 Å². The van der Waals surface area contributed by atoms with Crippen LogP contribution < -0.4 is 0 Å². The molecule has 2 aromatic rings. The number of benzene rings is 2. The van der Waals surface area contributed by atoms with E-state index in [1.807, 2.05) is 18.2 Å². The maximum absolute atomic E-state index is 13.9. The Hall–Kier alpha value is -0.740. The van der Waals surface area contributed by atoms with E-state index in [0.717, 1.165) is 12.5 Å². The van der Waals surface area contributed by atoms with Gasteiger partial charge in [-0.2, -0.15) is 0 Å². The molecule has 0 atom stereocenters. The molecule has 0 N–H and O–H groups in total. The zero-order valence-corrected chi connectivity index (χ0v) is 14.6. The lowest BCUT2D eigenvalue weighted by Crippen LogP contribution is -2.31. The number of halogens is 4. The minimum absolute atomic E-state index is 0.198. The molecule has 0 bridgehead atoms. The second-order valence-corrected chi connectivity index (χ2v) is 6.44. The standard InChI is InChI=1S/C17H16Br2F2/c18-11-17(12-19,9-13-5-2-1-3-6-13)10-14-7-4-8-15(20)16(14)21/h1-8H,9-12H2.